The number of carbonyl (C=O) groups excluding carboxylic acids is 2. The van der Waals surface area contributed by atoms with Gasteiger partial charge in [0, 0.05) is 9.75 Å². The summed E-state index contributed by atoms with van der Waals surface area (Å²) in [4.78, 5) is 26.8. The van der Waals surface area contributed by atoms with Crippen LogP contribution in [0.1, 0.15) is 16.7 Å². The zero-order chi connectivity index (χ0) is 11.5. The molecule has 0 aromatic carbocycles. The van der Waals surface area contributed by atoms with Gasteiger partial charge in [-0.2, -0.15) is 0 Å². The summed E-state index contributed by atoms with van der Waals surface area (Å²) >= 11 is 1.70. The molecule has 0 radical (unpaired) electrons. The minimum absolute atomic E-state index is 0.00829. The topological polar surface area (TPSA) is 49.4 Å². The normalized spacial score (nSPS) is 16.4. The van der Waals surface area contributed by atoms with Crippen LogP contribution in [0.5, 0.6) is 0 Å². The summed E-state index contributed by atoms with van der Waals surface area (Å²) in [5.41, 5.74) is 0. The van der Waals surface area contributed by atoms with E-state index < -0.39 is 0 Å². The lowest BCUT2D eigenvalue weighted by atomic mass is 10.3. The molecule has 2 rings (SSSR count). The summed E-state index contributed by atoms with van der Waals surface area (Å²) in [5.74, 6) is -0.0853. The maximum atomic E-state index is 11.5. The van der Waals surface area contributed by atoms with E-state index in [2.05, 4.69) is 18.3 Å². The molecule has 86 valence electrons. The van der Waals surface area contributed by atoms with E-state index in [4.69, 9.17) is 0 Å². The highest BCUT2D eigenvalue weighted by Gasteiger charge is 2.23. The Hall–Kier alpha value is -1.36. The summed E-state index contributed by atoms with van der Waals surface area (Å²) < 4.78 is 0. The molecule has 2 heterocycles. The van der Waals surface area contributed by atoms with Crippen LogP contribution in [0, 0.1) is 0 Å². The van der Waals surface area contributed by atoms with Crippen molar-refractivity contribution in [2.24, 2.45) is 0 Å². The smallest absolute Gasteiger partial charge is 0.242 e. The number of hydrogen-bond donors (Lipinski definition) is 1. The molecule has 0 unspecified atom stereocenters. The van der Waals surface area contributed by atoms with Crippen LogP contribution in [-0.4, -0.2) is 29.8 Å². The van der Waals surface area contributed by atoms with E-state index in [1.807, 2.05) is 6.07 Å². The number of thiophene rings is 1. The van der Waals surface area contributed by atoms with Crippen LogP contribution in [0.4, 0.5) is 0 Å². The first-order valence-corrected chi connectivity index (χ1v) is 6.12. The standard InChI is InChI=1S/C11H14N2O2S/c1-2-8-3-4-9(16-8)6-13-7-10(14)12-5-11(13)15/h3-4H,2,5-7H2,1H3,(H,12,14). The third-order valence-corrected chi connectivity index (χ3v) is 3.75. The van der Waals surface area contributed by atoms with Gasteiger partial charge in [-0.05, 0) is 18.6 Å². The number of rotatable bonds is 3. The van der Waals surface area contributed by atoms with E-state index in [0.29, 0.717) is 6.54 Å². The molecule has 0 spiro atoms. The Morgan fingerprint density at radius 2 is 2.12 bits per heavy atom. The third-order valence-electron chi connectivity index (χ3n) is 2.54. The predicted octanol–water partition coefficient (Wildman–Crippen LogP) is 0.769. The number of aryl methyl sites for hydroxylation is 1. The molecule has 0 bridgehead atoms. The number of amides is 2. The van der Waals surface area contributed by atoms with Gasteiger partial charge in [0.2, 0.25) is 11.8 Å². The van der Waals surface area contributed by atoms with Gasteiger partial charge < -0.3 is 10.2 Å². The average molecular weight is 238 g/mol. The summed E-state index contributed by atoms with van der Waals surface area (Å²) in [6, 6.07) is 4.11. The van der Waals surface area contributed by atoms with Gasteiger partial charge in [-0.1, -0.05) is 6.92 Å². The lowest BCUT2D eigenvalue weighted by molar-refractivity contribution is -0.141. The van der Waals surface area contributed by atoms with Crippen LogP contribution in [0.15, 0.2) is 12.1 Å². The van der Waals surface area contributed by atoms with Gasteiger partial charge in [0.15, 0.2) is 0 Å². The highest BCUT2D eigenvalue weighted by atomic mass is 32.1. The fraction of sp³-hybridized carbons (Fsp3) is 0.455. The molecule has 16 heavy (non-hydrogen) atoms. The van der Waals surface area contributed by atoms with E-state index in [1.165, 1.54) is 4.88 Å². The van der Waals surface area contributed by atoms with Crippen molar-refractivity contribution in [1.29, 1.82) is 0 Å². The van der Waals surface area contributed by atoms with Crippen LogP contribution in [0.2, 0.25) is 0 Å². The molecule has 1 aliphatic rings. The Kier molecular flexibility index (Phi) is 3.24. The number of carbonyl (C=O) groups is 2. The third kappa shape index (κ3) is 2.41. The average Bonchev–Trinajstić information content (AvgIpc) is 2.71. The van der Waals surface area contributed by atoms with Crippen molar-refractivity contribution in [1.82, 2.24) is 10.2 Å². The molecule has 0 atom stereocenters. The molecule has 1 fully saturated rings. The van der Waals surface area contributed by atoms with Crippen LogP contribution in [0.3, 0.4) is 0 Å². The second-order valence-corrected chi connectivity index (χ2v) is 5.00. The van der Waals surface area contributed by atoms with Crippen LogP contribution in [0.25, 0.3) is 0 Å². The van der Waals surface area contributed by atoms with Gasteiger partial charge in [-0.3, -0.25) is 9.59 Å². The number of hydrogen-bond acceptors (Lipinski definition) is 3. The molecular weight excluding hydrogens is 224 g/mol. The van der Waals surface area contributed by atoms with Crippen LogP contribution >= 0.6 is 11.3 Å². The molecule has 1 aliphatic heterocycles. The summed E-state index contributed by atoms with van der Waals surface area (Å²) in [5, 5.41) is 2.54. The highest BCUT2D eigenvalue weighted by Crippen LogP contribution is 2.19. The Labute approximate surface area is 98.3 Å². The van der Waals surface area contributed by atoms with Gasteiger partial charge >= 0.3 is 0 Å². The molecule has 5 heteroatoms. The Bertz CT molecular complexity index is 414. The van der Waals surface area contributed by atoms with Gasteiger partial charge in [0.25, 0.3) is 0 Å². The van der Waals surface area contributed by atoms with Crippen molar-refractivity contribution in [3.8, 4) is 0 Å². The molecule has 1 aromatic heterocycles. The monoisotopic (exact) mass is 238 g/mol. The largest absolute Gasteiger partial charge is 0.345 e. The van der Waals surface area contributed by atoms with E-state index in [1.54, 1.807) is 16.2 Å². The van der Waals surface area contributed by atoms with Crippen molar-refractivity contribution in [2.75, 3.05) is 13.1 Å². The molecule has 0 saturated carbocycles. The number of piperazine rings is 1. The van der Waals surface area contributed by atoms with Gasteiger partial charge in [-0.25, -0.2) is 0 Å². The zero-order valence-electron chi connectivity index (χ0n) is 9.16. The van der Waals surface area contributed by atoms with Crippen LogP contribution < -0.4 is 5.32 Å². The Morgan fingerprint density at radius 1 is 1.38 bits per heavy atom. The van der Waals surface area contributed by atoms with E-state index in [9.17, 15) is 9.59 Å². The van der Waals surface area contributed by atoms with E-state index in [0.717, 1.165) is 11.3 Å². The van der Waals surface area contributed by atoms with Crippen molar-refractivity contribution in [2.45, 2.75) is 19.9 Å². The molecule has 0 aliphatic carbocycles. The predicted molar refractivity (Wildman–Crippen MR) is 62.1 cm³/mol. The first-order valence-electron chi connectivity index (χ1n) is 5.31. The molecule has 4 nitrogen and oxygen atoms in total. The van der Waals surface area contributed by atoms with Crippen molar-refractivity contribution in [3.63, 3.8) is 0 Å². The summed E-state index contributed by atoms with van der Waals surface area (Å²) in [7, 11) is 0. The van der Waals surface area contributed by atoms with Crippen molar-refractivity contribution in [3.05, 3.63) is 21.9 Å². The first kappa shape index (κ1) is 11.1. The van der Waals surface area contributed by atoms with Crippen molar-refractivity contribution < 1.29 is 9.59 Å². The second kappa shape index (κ2) is 4.65. The second-order valence-electron chi connectivity index (χ2n) is 3.75. The van der Waals surface area contributed by atoms with Crippen LogP contribution in [-0.2, 0) is 22.6 Å². The van der Waals surface area contributed by atoms with E-state index >= 15 is 0 Å². The molecule has 1 aromatic rings. The van der Waals surface area contributed by atoms with E-state index in [-0.39, 0.29) is 24.9 Å². The number of nitrogens with one attached hydrogen (secondary N) is 1. The van der Waals surface area contributed by atoms with Gasteiger partial charge in [0.1, 0.15) is 0 Å². The van der Waals surface area contributed by atoms with Crippen molar-refractivity contribution >= 4 is 23.2 Å². The fourth-order valence-electron chi connectivity index (χ4n) is 1.63. The first-order chi connectivity index (χ1) is 7.69. The minimum atomic E-state index is -0.0770. The molecule has 2 amide bonds. The fourth-order valence-corrected chi connectivity index (χ4v) is 2.61. The minimum Gasteiger partial charge on any atom is -0.345 e. The quantitative estimate of drug-likeness (QED) is 0.845. The summed E-state index contributed by atoms with van der Waals surface area (Å²) in [6.45, 7) is 2.97. The number of nitrogens with zero attached hydrogens (tertiary/aromatic N) is 1. The SMILES string of the molecule is CCc1ccc(CN2CC(=O)NCC2=O)s1. The Balaban J connectivity index is 2.02. The lowest BCUT2D eigenvalue weighted by Crippen LogP contribution is -2.50. The van der Waals surface area contributed by atoms with Gasteiger partial charge in [-0.15, -0.1) is 11.3 Å². The lowest BCUT2D eigenvalue weighted by Gasteiger charge is -2.25. The maximum absolute atomic E-state index is 11.5. The molecular formula is C11H14N2O2S. The molecule has 1 N–H and O–H groups in total. The van der Waals surface area contributed by atoms with Gasteiger partial charge in [0.05, 0.1) is 19.6 Å². The maximum Gasteiger partial charge on any atom is 0.242 e. The molecule has 1 saturated heterocycles. The highest BCUT2D eigenvalue weighted by molar-refractivity contribution is 7.11. The zero-order valence-corrected chi connectivity index (χ0v) is 9.97. The summed E-state index contributed by atoms with van der Waals surface area (Å²) in [6.07, 6.45) is 1.01. The Morgan fingerprint density at radius 3 is 2.81 bits per heavy atom.